The number of carboxylic acid groups (broad SMARTS) is 1. The molecule has 0 saturated heterocycles. The van der Waals surface area contributed by atoms with Crippen molar-refractivity contribution >= 4 is 18.0 Å². The van der Waals surface area contributed by atoms with Gasteiger partial charge in [-0.2, -0.15) is 0 Å². The number of hydrogen-bond acceptors (Lipinski definition) is 5. The molecule has 2 aromatic carbocycles. The van der Waals surface area contributed by atoms with E-state index < -0.39 is 29.4 Å². The van der Waals surface area contributed by atoms with Crippen molar-refractivity contribution in [2.45, 2.75) is 37.6 Å². The van der Waals surface area contributed by atoms with E-state index in [2.05, 4.69) is 22.8 Å². The van der Waals surface area contributed by atoms with Gasteiger partial charge in [0.05, 0.1) is 5.41 Å². The minimum absolute atomic E-state index is 0.0566. The Bertz CT molecular complexity index is 1000. The number of carbonyl (C=O) groups is 3. The summed E-state index contributed by atoms with van der Waals surface area (Å²) >= 11 is 0. The normalized spacial score (nSPS) is 16.6. The molecule has 8 nitrogen and oxygen atoms in total. The summed E-state index contributed by atoms with van der Waals surface area (Å²) in [4.78, 5) is 36.5. The third-order valence-corrected chi connectivity index (χ3v) is 6.73. The smallest absolute Gasteiger partial charge is 0.407 e. The standard InChI is InChI=1S/C25H28N2O6/c28-13-10-21(22(29)30)27-23(31)25(11-5-12-25)15-26-24(32)33-14-20-18-8-3-1-6-16(18)17-7-2-4-9-19(17)20/h1-4,6-9,20-21,28H,5,10-15H2,(H,26,32)(H,27,31)(H,29,30)/t21-/m0/s1. The maximum Gasteiger partial charge on any atom is 0.407 e. The van der Waals surface area contributed by atoms with Crippen molar-refractivity contribution in [2.75, 3.05) is 19.8 Å². The van der Waals surface area contributed by atoms with Crippen LogP contribution in [0.4, 0.5) is 4.79 Å². The minimum atomic E-state index is -1.20. The number of carbonyl (C=O) groups excluding carboxylic acids is 2. The van der Waals surface area contributed by atoms with Crippen molar-refractivity contribution in [1.82, 2.24) is 10.6 Å². The van der Waals surface area contributed by atoms with E-state index in [4.69, 9.17) is 9.84 Å². The summed E-state index contributed by atoms with van der Waals surface area (Å²) in [5, 5.41) is 23.4. The molecule has 1 saturated carbocycles. The van der Waals surface area contributed by atoms with E-state index in [1.807, 2.05) is 36.4 Å². The lowest BCUT2D eigenvalue weighted by Gasteiger charge is -2.40. The van der Waals surface area contributed by atoms with Gasteiger partial charge in [0.25, 0.3) is 0 Å². The molecule has 0 aliphatic heterocycles. The second-order valence-corrected chi connectivity index (χ2v) is 8.69. The fourth-order valence-corrected chi connectivity index (χ4v) is 4.68. The predicted octanol–water partition coefficient (Wildman–Crippen LogP) is 2.65. The molecule has 0 radical (unpaired) electrons. The van der Waals surface area contributed by atoms with E-state index in [1.165, 1.54) is 0 Å². The second kappa shape index (κ2) is 9.62. The van der Waals surface area contributed by atoms with Crippen LogP contribution in [0, 0.1) is 5.41 Å². The topological polar surface area (TPSA) is 125 Å². The van der Waals surface area contributed by atoms with Gasteiger partial charge in [0.15, 0.2) is 0 Å². The Kier molecular flexibility index (Phi) is 6.65. The third-order valence-electron chi connectivity index (χ3n) is 6.73. The zero-order valence-electron chi connectivity index (χ0n) is 18.3. The first-order chi connectivity index (χ1) is 15.9. The van der Waals surface area contributed by atoms with Gasteiger partial charge >= 0.3 is 12.1 Å². The lowest BCUT2D eigenvalue weighted by molar-refractivity contribution is -0.146. The van der Waals surface area contributed by atoms with Crippen LogP contribution in [-0.2, 0) is 14.3 Å². The predicted molar refractivity (Wildman–Crippen MR) is 121 cm³/mol. The van der Waals surface area contributed by atoms with Gasteiger partial charge < -0.3 is 25.6 Å². The van der Waals surface area contributed by atoms with Crippen LogP contribution in [0.2, 0.25) is 0 Å². The molecule has 2 aliphatic carbocycles. The van der Waals surface area contributed by atoms with Crippen LogP contribution in [0.1, 0.15) is 42.7 Å². The van der Waals surface area contributed by atoms with Gasteiger partial charge in [-0.15, -0.1) is 0 Å². The highest BCUT2D eigenvalue weighted by atomic mass is 16.5. The summed E-state index contributed by atoms with van der Waals surface area (Å²) in [6.45, 7) is -0.0974. The zero-order chi connectivity index (χ0) is 23.4. The quantitative estimate of drug-likeness (QED) is 0.464. The van der Waals surface area contributed by atoms with Crippen LogP contribution in [-0.4, -0.2) is 54.0 Å². The first-order valence-corrected chi connectivity index (χ1v) is 11.2. The van der Waals surface area contributed by atoms with E-state index >= 15 is 0 Å². The van der Waals surface area contributed by atoms with E-state index in [-0.39, 0.29) is 32.1 Å². The number of alkyl carbamates (subject to hydrolysis) is 1. The zero-order valence-corrected chi connectivity index (χ0v) is 18.3. The molecule has 0 spiro atoms. The Morgan fingerprint density at radius 2 is 1.64 bits per heavy atom. The molecule has 174 valence electrons. The highest BCUT2D eigenvalue weighted by Crippen LogP contribution is 2.44. The number of carboxylic acids is 1. The number of nitrogens with one attached hydrogen (secondary N) is 2. The number of ether oxygens (including phenoxy) is 1. The van der Waals surface area contributed by atoms with Crippen molar-refractivity contribution in [2.24, 2.45) is 5.41 Å². The molecule has 2 aromatic rings. The maximum atomic E-state index is 12.7. The Morgan fingerprint density at radius 3 is 2.15 bits per heavy atom. The van der Waals surface area contributed by atoms with Gasteiger partial charge in [-0.1, -0.05) is 55.0 Å². The Morgan fingerprint density at radius 1 is 1.03 bits per heavy atom. The average molecular weight is 453 g/mol. The summed E-state index contributed by atoms with van der Waals surface area (Å²) in [5.74, 6) is -1.68. The molecule has 1 fully saturated rings. The molecule has 0 aromatic heterocycles. The molecule has 8 heteroatoms. The third kappa shape index (κ3) is 4.57. The molecule has 4 rings (SSSR count). The number of hydrogen-bond donors (Lipinski definition) is 4. The van der Waals surface area contributed by atoms with Gasteiger partial charge in [-0.3, -0.25) is 4.79 Å². The fourth-order valence-electron chi connectivity index (χ4n) is 4.68. The van der Waals surface area contributed by atoms with E-state index in [0.29, 0.717) is 12.8 Å². The van der Waals surface area contributed by atoms with Crippen LogP contribution >= 0.6 is 0 Å². The molecular formula is C25H28N2O6. The molecule has 0 bridgehead atoms. The molecular weight excluding hydrogens is 424 g/mol. The average Bonchev–Trinajstić information content (AvgIpc) is 3.10. The van der Waals surface area contributed by atoms with Gasteiger partial charge in [0, 0.05) is 25.5 Å². The molecule has 2 amide bonds. The number of aliphatic hydroxyl groups excluding tert-OH is 1. The van der Waals surface area contributed by atoms with Crippen LogP contribution in [0.5, 0.6) is 0 Å². The monoisotopic (exact) mass is 452 g/mol. The van der Waals surface area contributed by atoms with E-state index in [0.717, 1.165) is 28.7 Å². The highest BCUT2D eigenvalue weighted by molar-refractivity contribution is 5.88. The van der Waals surface area contributed by atoms with Crippen molar-refractivity contribution < 1.29 is 29.3 Å². The lowest BCUT2D eigenvalue weighted by atomic mass is 9.68. The molecule has 4 N–H and O–H groups in total. The SMILES string of the molecule is O=C(NCC1(C(=O)N[C@@H](CCO)C(=O)O)CCC1)OCC1c2ccccc2-c2ccccc21. The summed E-state index contributed by atoms with van der Waals surface area (Å²) < 4.78 is 5.53. The van der Waals surface area contributed by atoms with Gasteiger partial charge in [0.2, 0.25) is 5.91 Å². The van der Waals surface area contributed by atoms with Crippen LogP contribution in [0.25, 0.3) is 11.1 Å². The number of rotatable bonds is 9. The number of aliphatic hydroxyl groups is 1. The summed E-state index contributed by atoms with van der Waals surface area (Å²) in [6.07, 6.45) is 1.23. The largest absolute Gasteiger partial charge is 0.480 e. The van der Waals surface area contributed by atoms with Gasteiger partial charge in [0.1, 0.15) is 12.6 Å². The van der Waals surface area contributed by atoms with Crippen molar-refractivity contribution in [1.29, 1.82) is 0 Å². The highest BCUT2D eigenvalue weighted by Gasteiger charge is 2.45. The van der Waals surface area contributed by atoms with Gasteiger partial charge in [-0.25, -0.2) is 9.59 Å². The first-order valence-electron chi connectivity index (χ1n) is 11.2. The van der Waals surface area contributed by atoms with Crippen LogP contribution in [0.15, 0.2) is 48.5 Å². The minimum Gasteiger partial charge on any atom is -0.480 e. The van der Waals surface area contributed by atoms with Crippen molar-refractivity contribution in [3.63, 3.8) is 0 Å². The van der Waals surface area contributed by atoms with Crippen LogP contribution in [0.3, 0.4) is 0 Å². The first kappa shape index (κ1) is 22.8. The molecule has 0 heterocycles. The van der Waals surface area contributed by atoms with Crippen LogP contribution < -0.4 is 10.6 Å². The maximum absolute atomic E-state index is 12.7. The van der Waals surface area contributed by atoms with Crippen molar-refractivity contribution in [3.8, 4) is 11.1 Å². The fraction of sp³-hybridized carbons (Fsp3) is 0.400. The molecule has 2 aliphatic rings. The Hall–Kier alpha value is -3.39. The Labute approximate surface area is 192 Å². The summed E-state index contributed by atoms with van der Waals surface area (Å²) in [7, 11) is 0. The number of fused-ring (bicyclic) bond motifs is 3. The number of amides is 2. The number of aliphatic carboxylic acids is 1. The summed E-state index contributed by atoms with van der Waals surface area (Å²) in [6, 6.07) is 15.0. The molecule has 0 unspecified atom stereocenters. The lowest BCUT2D eigenvalue weighted by Crippen LogP contribution is -2.56. The van der Waals surface area contributed by atoms with E-state index in [1.54, 1.807) is 0 Å². The van der Waals surface area contributed by atoms with E-state index in [9.17, 15) is 19.5 Å². The Balaban J connectivity index is 1.35. The van der Waals surface area contributed by atoms with Gasteiger partial charge in [-0.05, 0) is 35.1 Å². The van der Waals surface area contributed by atoms with Crippen molar-refractivity contribution in [3.05, 3.63) is 59.7 Å². The molecule has 33 heavy (non-hydrogen) atoms. The second-order valence-electron chi connectivity index (χ2n) is 8.69. The number of benzene rings is 2. The molecule has 1 atom stereocenters. The summed E-state index contributed by atoms with van der Waals surface area (Å²) in [5.41, 5.74) is 3.66.